The Bertz CT molecular complexity index is 1740. The molecule has 7 nitrogen and oxygen atoms in total. The Morgan fingerprint density at radius 2 is 1.55 bits per heavy atom. The molecule has 3 aromatic carbocycles. The lowest BCUT2D eigenvalue weighted by molar-refractivity contribution is -0.143. The molecule has 3 N–H and O–H groups in total. The Balaban J connectivity index is 1.50. The van der Waals surface area contributed by atoms with Gasteiger partial charge in [-0.1, -0.05) is 48.0 Å². The number of alkyl halides is 6. The van der Waals surface area contributed by atoms with E-state index in [-0.39, 0.29) is 36.8 Å². The number of benzene rings is 3. The van der Waals surface area contributed by atoms with Crippen LogP contribution in [0.5, 0.6) is 11.5 Å². The van der Waals surface area contributed by atoms with Crippen LogP contribution in [-0.4, -0.2) is 46.5 Å². The second-order valence-electron chi connectivity index (χ2n) is 12.2. The zero-order valence-corrected chi connectivity index (χ0v) is 26.1. The maximum Gasteiger partial charge on any atom is 0.416 e. The van der Waals surface area contributed by atoms with E-state index in [0.29, 0.717) is 40.3 Å². The van der Waals surface area contributed by atoms with Gasteiger partial charge in [0.1, 0.15) is 18.1 Å². The zero-order valence-electron chi connectivity index (χ0n) is 26.1. The van der Waals surface area contributed by atoms with E-state index < -0.39 is 71.4 Å². The van der Waals surface area contributed by atoms with Gasteiger partial charge in [-0.25, -0.2) is 4.90 Å². The van der Waals surface area contributed by atoms with Gasteiger partial charge in [0.05, 0.1) is 41.4 Å². The number of phenolic OH excluding ortho intramolecular Hbond substituents is 1. The van der Waals surface area contributed by atoms with Gasteiger partial charge in [-0.05, 0) is 73.7 Å². The number of halogens is 6. The molecular formula is C36H33F6NO6. The minimum absolute atomic E-state index is 0.0567. The number of aliphatic hydroxyl groups excluding tert-OH is 2. The fraction of sp³-hybridized carbons (Fsp3) is 0.333. The van der Waals surface area contributed by atoms with E-state index >= 15 is 0 Å². The number of fused-ring (bicyclic) bond motifs is 1. The van der Waals surface area contributed by atoms with Crippen LogP contribution < -0.4 is 9.64 Å². The van der Waals surface area contributed by atoms with Gasteiger partial charge in [0.25, 0.3) is 0 Å². The second kappa shape index (κ2) is 14.1. The van der Waals surface area contributed by atoms with Gasteiger partial charge >= 0.3 is 12.4 Å². The summed E-state index contributed by atoms with van der Waals surface area (Å²) in [4.78, 5) is 27.9. The molecule has 2 amide bonds. The number of imide groups is 1. The maximum absolute atomic E-state index is 13.9. The third kappa shape index (κ3) is 7.67. The summed E-state index contributed by atoms with van der Waals surface area (Å²) < 4.78 is 87.9. The van der Waals surface area contributed by atoms with E-state index in [1.807, 2.05) is 0 Å². The molecule has 13 heteroatoms. The summed E-state index contributed by atoms with van der Waals surface area (Å²) in [6, 6.07) is 15.7. The minimum Gasteiger partial charge on any atom is -0.507 e. The van der Waals surface area contributed by atoms with Gasteiger partial charge in [-0.3, -0.25) is 9.59 Å². The number of para-hydroxylation sites is 2. The van der Waals surface area contributed by atoms with Crippen molar-refractivity contribution in [2.75, 3.05) is 18.1 Å². The number of carbonyl (C=O) groups is 2. The van der Waals surface area contributed by atoms with E-state index in [0.717, 1.165) is 5.57 Å². The number of carbonyl (C=O) groups excluding carboxylic acids is 2. The predicted molar refractivity (Wildman–Crippen MR) is 167 cm³/mol. The first kappa shape index (κ1) is 35.7. The van der Waals surface area contributed by atoms with Crippen LogP contribution in [0, 0.1) is 17.8 Å². The summed E-state index contributed by atoms with van der Waals surface area (Å²) in [5, 5.41) is 32.3. The summed E-state index contributed by atoms with van der Waals surface area (Å²) in [6.07, 6.45) is -9.77. The van der Waals surface area contributed by atoms with E-state index in [9.17, 15) is 51.3 Å². The Labute approximate surface area is 277 Å². The fourth-order valence-electron chi connectivity index (χ4n) is 6.57. The van der Waals surface area contributed by atoms with Crippen LogP contribution >= 0.6 is 0 Å². The molecule has 2 aliphatic rings. The normalized spacial score (nSPS) is 20.9. The van der Waals surface area contributed by atoms with Crippen LogP contribution in [-0.2, 0) is 21.9 Å². The SMILES string of the molecule is C/C(=C\c1ccccc1O)CC[C@@H](O)C1=C(COc2ccccc2)C[C@H]2C(=O)N(c3cc(C(F)(F)F)cc(C(F)(F)F)c3)C(=O)[C@H]2[C@H]1CO. The van der Waals surface area contributed by atoms with Crippen molar-refractivity contribution < 1.29 is 56.0 Å². The third-order valence-electron chi connectivity index (χ3n) is 8.88. The average molecular weight is 690 g/mol. The largest absolute Gasteiger partial charge is 0.507 e. The average Bonchev–Trinajstić information content (AvgIpc) is 3.31. The van der Waals surface area contributed by atoms with Crippen molar-refractivity contribution in [3.8, 4) is 11.5 Å². The van der Waals surface area contributed by atoms with Gasteiger partial charge < -0.3 is 20.1 Å². The molecule has 1 saturated heterocycles. The van der Waals surface area contributed by atoms with Crippen molar-refractivity contribution in [1.82, 2.24) is 0 Å². The first-order valence-corrected chi connectivity index (χ1v) is 15.4. The van der Waals surface area contributed by atoms with Gasteiger partial charge in [0.15, 0.2) is 0 Å². The minimum atomic E-state index is -5.21. The van der Waals surface area contributed by atoms with Crippen molar-refractivity contribution in [2.24, 2.45) is 17.8 Å². The lowest BCUT2D eigenvalue weighted by atomic mass is 9.68. The molecule has 0 radical (unpaired) electrons. The molecule has 1 aliphatic carbocycles. The summed E-state index contributed by atoms with van der Waals surface area (Å²) in [5.74, 6) is -5.42. The highest BCUT2D eigenvalue weighted by molar-refractivity contribution is 6.22. The zero-order chi connectivity index (χ0) is 35.7. The van der Waals surface area contributed by atoms with E-state index in [1.54, 1.807) is 61.5 Å². The number of hydrogen-bond donors (Lipinski definition) is 3. The molecular weight excluding hydrogens is 656 g/mol. The molecule has 4 atom stereocenters. The molecule has 5 rings (SSSR count). The Kier molecular flexibility index (Phi) is 10.3. The second-order valence-corrected chi connectivity index (χ2v) is 12.2. The highest BCUT2D eigenvalue weighted by Gasteiger charge is 2.56. The van der Waals surface area contributed by atoms with Crippen LogP contribution in [0.1, 0.15) is 42.9 Å². The molecule has 0 unspecified atom stereocenters. The van der Waals surface area contributed by atoms with Crippen molar-refractivity contribution in [2.45, 2.75) is 44.6 Å². The molecule has 49 heavy (non-hydrogen) atoms. The van der Waals surface area contributed by atoms with Crippen LogP contribution in [0.25, 0.3) is 6.08 Å². The molecule has 1 heterocycles. The lowest BCUT2D eigenvalue weighted by Crippen LogP contribution is -2.40. The topological polar surface area (TPSA) is 107 Å². The smallest absolute Gasteiger partial charge is 0.416 e. The Morgan fingerprint density at radius 3 is 2.14 bits per heavy atom. The molecule has 0 bridgehead atoms. The number of anilines is 1. The van der Waals surface area contributed by atoms with Crippen molar-refractivity contribution in [3.05, 3.63) is 106 Å². The summed E-state index contributed by atoms with van der Waals surface area (Å²) in [5.41, 5.74) is -2.34. The first-order chi connectivity index (χ1) is 23.1. The standard InChI is InChI=1S/C36H33F6NO6/c1-20(13-21-7-5-6-10-29(21)45)11-12-30(46)31-22(19-49-26-8-3-2-4-9-26)14-27-32(28(31)18-44)34(48)43(33(27)47)25-16-23(35(37,38)39)15-24(17-25)36(40,41)42/h2-10,13,15-17,27-28,30,32,44-46H,11-12,14,18-19H2,1H3/b20-13+/t27-,28+,30-,32-/m1/s1. The highest BCUT2D eigenvalue weighted by Crippen LogP contribution is 2.48. The molecule has 1 fully saturated rings. The number of aliphatic hydroxyl groups is 2. The number of nitrogens with zero attached hydrogens (tertiary/aromatic N) is 1. The predicted octanol–water partition coefficient (Wildman–Crippen LogP) is 7.17. The van der Waals surface area contributed by atoms with Crippen LogP contribution in [0.2, 0.25) is 0 Å². The summed E-state index contributed by atoms with van der Waals surface area (Å²) in [6.45, 7) is 0.860. The third-order valence-corrected chi connectivity index (χ3v) is 8.88. The van der Waals surface area contributed by atoms with Gasteiger partial charge in [-0.15, -0.1) is 0 Å². The number of amides is 2. The molecule has 1 aliphatic heterocycles. The van der Waals surface area contributed by atoms with Gasteiger partial charge in [0.2, 0.25) is 11.8 Å². The van der Waals surface area contributed by atoms with Crippen molar-refractivity contribution >= 4 is 23.6 Å². The summed E-state index contributed by atoms with van der Waals surface area (Å²) in [7, 11) is 0. The first-order valence-electron chi connectivity index (χ1n) is 15.4. The molecule has 3 aromatic rings. The number of ether oxygens (including phenoxy) is 1. The maximum atomic E-state index is 13.9. The lowest BCUT2D eigenvalue weighted by Gasteiger charge is -2.36. The number of hydrogen-bond acceptors (Lipinski definition) is 6. The van der Waals surface area contributed by atoms with Crippen molar-refractivity contribution in [3.63, 3.8) is 0 Å². The van der Waals surface area contributed by atoms with Crippen molar-refractivity contribution in [1.29, 1.82) is 0 Å². The van der Waals surface area contributed by atoms with Crippen LogP contribution in [0.3, 0.4) is 0 Å². The number of rotatable bonds is 10. The van der Waals surface area contributed by atoms with Gasteiger partial charge in [-0.2, -0.15) is 26.3 Å². The van der Waals surface area contributed by atoms with Crippen LogP contribution in [0.4, 0.5) is 32.0 Å². The van der Waals surface area contributed by atoms with Gasteiger partial charge in [0, 0.05) is 11.5 Å². The quantitative estimate of drug-likeness (QED) is 0.118. The summed E-state index contributed by atoms with van der Waals surface area (Å²) >= 11 is 0. The van der Waals surface area contributed by atoms with E-state index in [1.165, 1.54) is 6.07 Å². The molecule has 260 valence electrons. The number of allylic oxidation sites excluding steroid dienone is 1. The monoisotopic (exact) mass is 689 g/mol. The van der Waals surface area contributed by atoms with E-state index in [4.69, 9.17) is 4.74 Å². The van der Waals surface area contributed by atoms with Crippen LogP contribution in [0.15, 0.2) is 89.5 Å². The number of phenols is 1. The van der Waals surface area contributed by atoms with E-state index in [2.05, 4.69) is 0 Å². The molecule has 0 aromatic heterocycles. The Hall–Kier alpha value is -4.62. The molecule has 0 spiro atoms. The number of aromatic hydroxyl groups is 1. The Morgan fingerprint density at radius 1 is 0.939 bits per heavy atom. The molecule has 0 saturated carbocycles. The highest BCUT2D eigenvalue weighted by atomic mass is 19.4. The fourth-order valence-corrected chi connectivity index (χ4v) is 6.57.